The van der Waals surface area contributed by atoms with Crippen LogP contribution in [0.5, 0.6) is 0 Å². The Morgan fingerprint density at radius 1 is 0.919 bits per heavy atom. The Morgan fingerprint density at radius 3 is 2.30 bits per heavy atom. The number of benzene rings is 2. The van der Waals surface area contributed by atoms with E-state index in [4.69, 9.17) is 16.7 Å². The minimum Gasteiger partial charge on any atom is -0.297 e. The quantitative estimate of drug-likeness (QED) is 0.179. The molecule has 4 rings (SSSR count). The number of para-hydroxylation sites is 1. The van der Waals surface area contributed by atoms with Crippen molar-refractivity contribution >= 4 is 32.8 Å². The van der Waals surface area contributed by atoms with Gasteiger partial charge in [-0.1, -0.05) is 62.6 Å². The van der Waals surface area contributed by atoms with Gasteiger partial charge in [-0.15, -0.1) is 11.3 Å². The fraction of sp³-hybridized carbons (Fsp3) is 0.345. The molecule has 0 spiro atoms. The van der Waals surface area contributed by atoms with Crippen molar-refractivity contribution in [1.29, 1.82) is 0 Å². The van der Waals surface area contributed by atoms with Crippen molar-refractivity contribution in [1.82, 2.24) is 14.7 Å². The first kappa shape index (κ1) is 27.6. The second-order valence-electron chi connectivity index (χ2n) is 9.33. The van der Waals surface area contributed by atoms with Gasteiger partial charge in [0.1, 0.15) is 0 Å². The van der Waals surface area contributed by atoms with E-state index in [-0.39, 0.29) is 0 Å². The van der Waals surface area contributed by atoms with E-state index in [1.807, 2.05) is 41.1 Å². The Morgan fingerprint density at radius 2 is 1.62 bits per heavy atom. The number of aromatic nitrogens is 2. The number of thiophene rings is 1. The zero-order valence-corrected chi connectivity index (χ0v) is 24.0. The Hall–Kier alpha value is -2.45. The molecule has 0 unspecified atom stereocenters. The maximum absolute atomic E-state index is 12.1. The lowest BCUT2D eigenvalue weighted by Crippen LogP contribution is -2.25. The molecule has 196 valence electrons. The first-order valence-electron chi connectivity index (χ1n) is 12.8. The normalized spacial score (nSPS) is 11.9. The molecule has 37 heavy (non-hydrogen) atoms. The van der Waals surface area contributed by atoms with Gasteiger partial charge in [-0.25, -0.2) is 13.1 Å². The van der Waals surface area contributed by atoms with E-state index < -0.39 is 9.84 Å². The summed E-state index contributed by atoms with van der Waals surface area (Å²) in [6.45, 7) is 7.36. The maximum Gasteiger partial charge on any atom is 0.175 e. The van der Waals surface area contributed by atoms with E-state index in [0.717, 1.165) is 52.0 Å². The van der Waals surface area contributed by atoms with Crippen molar-refractivity contribution in [2.75, 3.05) is 19.3 Å². The van der Waals surface area contributed by atoms with E-state index >= 15 is 0 Å². The van der Waals surface area contributed by atoms with Crippen molar-refractivity contribution in [2.45, 2.75) is 51.0 Å². The summed E-state index contributed by atoms with van der Waals surface area (Å²) in [5, 5.41) is 5.66. The van der Waals surface area contributed by atoms with Gasteiger partial charge in [0.25, 0.3) is 0 Å². The summed E-state index contributed by atoms with van der Waals surface area (Å²) in [6, 6.07) is 21.1. The monoisotopic (exact) mass is 555 g/mol. The van der Waals surface area contributed by atoms with Crippen LogP contribution in [0, 0.1) is 0 Å². The molecular weight excluding hydrogens is 522 g/mol. The Labute approximate surface area is 229 Å². The van der Waals surface area contributed by atoms with Crippen molar-refractivity contribution in [3.8, 4) is 26.7 Å². The molecule has 0 amide bonds. The van der Waals surface area contributed by atoms with Crippen LogP contribution >= 0.6 is 22.9 Å². The Bertz CT molecular complexity index is 1430. The fourth-order valence-corrected chi connectivity index (χ4v) is 6.15. The van der Waals surface area contributed by atoms with E-state index in [1.165, 1.54) is 31.9 Å². The molecule has 0 N–H and O–H groups in total. The van der Waals surface area contributed by atoms with Gasteiger partial charge in [0.05, 0.1) is 31.9 Å². The van der Waals surface area contributed by atoms with E-state index in [9.17, 15) is 8.42 Å². The Kier molecular flexibility index (Phi) is 9.24. The van der Waals surface area contributed by atoms with Crippen molar-refractivity contribution in [3.05, 3.63) is 77.4 Å². The molecule has 8 heteroatoms. The molecule has 2 heterocycles. The lowest BCUT2D eigenvalue weighted by molar-refractivity contribution is 0.254. The maximum atomic E-state index is 12.1. The van der Waals surface area contributed by atoms with E-state index in [2.05, 4.69) is 30.9 Å². The molecule has 0 aliphatic carbocycles. The fourth-order valence-electron chi connectivity index (χ4n) is 4.26. The second-order valence-corrected chi connectivity index (χ2v) is 12.8. The molecule has 0 saturated heterocycles. The molecule has 0 bridgehead atoms. The number of halogens is 1. The number of unbranched alkanes of at least 4 members (excludes halogenated alkanes) is 2. The molecular formula is C29H34ClN3O2S2. The first-order valence-corrected chi connectivity index (χ1v) is 15.9. The predicted octanol–water partition coefficient (Wildman–Crippen LogP) is 7.73. The molecule has 5 nitrogen and oxygen atoms in total. The van der Waals surface area contributed by atoms with Crippen LogP contribution in [-0.2, 0) is 16.4 Å². The van der Waals surface area contributed by atoms with Crippen LogP contribution in [0.25, 0.3) is 26.7 Å². The highest BCUT2D eigenvalue weighted by atomic mass is 35.5. The largest absolute Gasteiger partial charge is 0.297 e. The predicted molar refractivity (Wildman–Crippen MR) is 156 cm³/mol. The molecule has 0 fully saturated rings. The van der Waals surface area contributed by atoms with Crippen LogP contribution in [0.3, 0.4) is 0 Å². The van der Waals surface area contributed by atoms with Crippen molar-refractivity contribution in [3.63, 3.8) is 0 Å². The van der Waals surface area contributed by atoms with Gasteiger partial charge >= 0.3 is 0 Å². The molecule has 0 aliphatic rings. The second kappa shape index (κ2) is 12.4. The zero-order valence-electron chi connectivity index (χ0n) is 21.7. The lowest BCUT2D eigenvalue weighted by atomic mass is 10.2. The number of hydrogen-bond acceptors (Lipinski definition) is 5. The summed E-state index contributed by atoms with van der Waals surface area (Å²) in [5.74, 6) is 0. The van der Waals surface area contributed by atoms with Gasteiger partial charge in [0, 0.05) is 17.7 Å². The van der Waals surface area contributed by atoms with Crippen molar-refractivity contribution < 1.29 is 8.42 Å². The highest BCUT2D eigenvalue weighted by Gasteiger charge is 2.18. The van der Waals surface area contributed by atoms with Crippen LogP contribution in [0.15, 0.2) is 71.6 Å². The molecule has 0 radical (unpaired) electrons. The minimum atomic E-state index is -3.28. The summed E-state index contributed by atoms with van der Waals surface area (Å²) in [4.78, 5) is 4.86. The van der Waals surface area contributed by atoms with E-state index in [1.54, 1.807) is 29.5 Å². The first-order chi connectivity index (χ1) is 17.8. The van der Waals surface area contributed by atoms with Gasteiger partial charge in [-0.05, 0) is 74.0 Å². The SMILES string of the molecule is CCCCN(CCCC)Cc1cc(-c2ccc(-c3cccc(S(C)(=O)=O)c3)s2)n(-c2ccccc2Cl)n1. The smallest absolute Gasteiger partial charge is 0.175 e. The van der Waals surface area contributed by atoms with Gasteiger partial charge < -0.3 is 0 Å². The molecule has 0 atom stereocenters. The molecule has 0 saturated carbocycles. The van der Waals surface area contributed by atoms with Crippen LogP contribution in [0.2, 0.25) is 5.02 Å². The summed E-state index contributed by atoms with van der Waals surface area (Å²) in [7, 11) is -3.28. The molecule has 2 aromatic carbocycles. The van der Waals surface area contributed by atoms with Gasteiger partial charge in [0.2, 0.25) is 0 Å². The third kappa shape index (κ3) is 6.90. The standard InChI is InChI=1S/C29H34ClN3O2S2/c1-4-6-17-32(18-7-5-2)21-23-20-27(33(31-23)26-14-9-8-13-25(26)30)29-16-15-28(36-29)22-11-10-12-24(19-22)37(3,34)35/h8-16,19-20H,4-7,17-18,21H2,1-3H3. The average molecular weight is 556 g/mol. The molecule has 0 aliphatic heterocycles. The highest BCUT2D eigenvalue weighted by Crippen LogP contribution is 2.37. The van der Waals surface area contributed by atoms with Crippen molar-refractivity contribution in [2.24, 2.45) is 0 Å². The Balaban J connectivity index is 1.73. The zero-order chi connectivity index (χ0) is 26.4. The third-order valence-electron chi connectivity index (χ3n) is 6.29. The van der Waals surface area contributed by atoms with Gasteiger partial charge in [0.15, 0.2) is 9.84 Å². The van der Waals surface area contributed by atoms with Crippen LogP contribution in [-0.4, -0.2) is 42.4 Å². The average Bonchev–Trinajstić information content (AvgIpc) is 3.53. The van der Waals surface area contributed by atoms with Gasteiger partial charge in [-0.2, -0.15) is 5.10 Å². The van der Waals surface area contributed by atoms with Crippen LogP contribution < -0.4 is 0 Å². The number of hydrogen-bond donors (Lipinski definition) is 0. The third-order valence-corrected chi connectivity index (χ3v) is 8.87. The summed E-state index contributed by atoms with van der Waals surface area (Å²) in [6.07, 6.45) is 5.91. The number of sulfone groups is 1. The number of nitrogens with zero attached hydrogens (tertiary/aromatic N) is 3. The summed E-state index contributed by atoms with van der Waals surface area (Å²) < 4.78 is 26.1. The minimum absolute atomic E-state index is 0.322. The molecule has 4 aromatic rings. The molecule has 2 aromatic heterocycles. The van der Waals surface area contributed by atoms with Gasteiger partial charge in [-0.3, -0.25) is 4.90 Å². The summed E-state index contributed by atoms with van der Waals surface area (Å²) in [5.41, 5.74) is 3.71. The lowest BCUT2D eigenvalue weighted by Gasteiger charge is -2.20. The van der Waals surface area contributed by atoms with Crippen LogP contribution in [0.4, 0.5) is 0 Å². The summed E-state index contributed by atoms with van der Waals surface area (Å²) >= 11 is 8.23. The van der Waals surface area contributed by atoms with Crippen LogP contribution in [0.1, 0.15) is 45.2 Å². The van der Waals surface area contributed by atoms with E-state index in [0.29, 0.717) is 9.92 Å². The highest BCUT2D eigenvalue weighted by molar-refractivity contribution is 7.90. The topological polar surface area (TPSA) is 55.2 Å². The number of rotatable bonds is 12.